The largest absolute Gasteiger partial charge is 0.326 e. The molecule has 0 spiro atoms. The molecule has 0 radical (unpaired) electrons. The van der Waals surface area contributed by atoms with E-state index in [0.717, 1.165) is 20.5 Å². The van der Waals surface area contributed by atoms with Crippen LogP contribution in [0.5, 0.6) is 0 Å². The number of piperazine rings is 1. The molecule has 3 N–H and O–H groups in total. The summed E-state index contributed by atoms with van der Waals surface area (Å²) in [7, 11) is -3.85. The fraction of sp³-hybridized carbons (Fsp3) is 0.400. The van der Waals surface area contributed by atoms with Crippen LogP contribution in [-0.4, -0.2) is 37.1 Å². The minimum Gasteiger partial charge on any atom is -0.326 e. The molecule has 19 heavy (non-hydrogen) atoms. The lowest BCUT2D eigenvalue weighted by Gasteiger charge is -2.30. The topological polar surface area (TPSA) is 110 Å². The van der Waals surface area contributed by atoms with E-state index < -0.39 is 27.9 Å². The van der Waals surface area contributed by atoms with E-state index in [1.807, 2.05) is 0 Å². The Morgan fingerprint density at radius 1 is 1.47 bits per heavy atom. The van der Waals surface area contributed by atoms with E-state index in [-0.39, 0.29) is 17.3 Å². The molecule has 1 aliphatic rings. The van der Waals surface area contributed by atoms with Crippen molar-refractivity contribution < 1.29 is 18.0 Å². The molecule has 1 aromatic heterocycles. The van der Waals surface area contributed by atoms with E-state index in [9.17, 15) is 18.0 Å². The maximum absolute atomic E-state index is 12.4. The number of rotatable bonds is 3. The first-order valence-electron chi connectivity index (χ1n) is 5.50. The van der Waals surface area contributed by atoms with Crippen LogP contribution in [0.15, 0.2) is 16.3 Å². The van der Waals surface area contributed by atoms with Crippen molar-refractivity contribution in [3.63, 3.8) is 0 Å². The van der Waals surface area contributed by atoms with Crippen LogP contribution in [0.2, 0.25) is 0 Å². The lowest BCUT2D eigenvalue weighted by molar-refractivity contribution is -0.136. The van der Waals surface area contributed by atoms with Crippen molar-refractivity contribution in [3.05, 3.63) is 17.0 Å². The average molecular weight is 303 g/mol. The van der Waals surface area contributed by atoms with E-state index in [2.05, 4.69) is 5.32 Å². The summed E-state index contributed by atoms with van der Waals surface area (Å²) in [6, 6.07) is 2.14. The lowest BCUT2D eigenvalue weighted by Crippen LogP contribution is -2.58. The van der Waals surface area contributed by atoms with Crippen molar-refractivity contribution in [2.75, 3.05) is 6.54 Å². The van der Waals surface area contributed by atoms with Crippen molar-refractivity contribution in [2.24, 2.45) is 5.73 Å². The molecule has 104 valence electrons. The third-order valence-corrected chi connectivity index (χ3v) is 6.27. The number of carbonyl (C=O) groups excluding carboxylic acids is 2. The van der Waals surface area contributed by atoms with Crippen LogP contribution in [0, 0.1) is 0 Å². The molecule has 1 fully saturated rings. The van der Waals surface area contributed by atoms with Crippen LogP contribution in [-0.2, 0) is 26.2 Å². The number of amides is 2. The van der Waals surface area contributed by atoms with E-state index >= 15 is 0 Å². The van der Waals surface area contributed by atoms with Crippen molar-refractivity contribution >= 4 is 33.2 Å². The zero-order valence-corrected chi connectivity index (χ0v) is 11.8. The van der Waals surface area contributed by atoms with Gasteiger partial charge >= 0.3 is 0 Å². The molecule has 1 saturated heterocycles. The number of carbonyl (C=O) groups is 2. The van der Waals surface area contributed by atoms with Gasteiger partial charge in [0.1, 0.15) is 10.3 Å². The summed E-state index contributed by atoms with van der Waals surface area (Å²) in [6.45, 7) is 1.33. The number of nitrogens with zero attached hydrogens (tertiary/aromatic N) is 1. The van der Waals surface area contributed by atoms with Gasteiger partial charge in [0.15, 0.2) is 0 Å². The molecule has 1 aliphatic heterocycles. The number of nitrogens with one attached hydrogen (secondary N) is 1. The predicted octanol–water partition coefficient (Wildman–Crippen LogP) is -0.758. The third kappa shape index (κ3) is 2.54. The van der Waals surface area contributed by atoms with Crippen molar-refractivity contribution in [3.8, 4) is 0 Å². The average Bonchev–Trinajstić information content (AvgIpc) is 2.83. The van der Waals surface area contributed by atoms with Gasteiger partial charge in [-0.05, 0) is 19.1 Å². The standard InChI is InChI=1S/C10H13N3O4S2/c1-6-10(15)12-8(14)5-13(6)19(16,17)9-3-2-7(4-11)18-9/h2-3,6H,4-5,11H2,1H3,(H,12,14,15). The number of hydrogen-bond acceptors (Lipinski definition) is 6. The first-order chi connectivity index (χ1) is 8.86. The van der Waals surface area contributed by atoms with Gasteiger partial charge < -0.3 is 5.73 Å². The van der Waals surface area contributed by atoms with E-state index in [0.29, 0.717) is 0 Å². The molecular formula is C10H13N3O4S2. The lowest BCUT2D eigenvalue weighted by atomic mass is 10.2. The normalized spacial score (nSPS) is 21.5. The molecule has 2 heterocycles. The van der Waals surface area contributed by atoms with Gasteiger partial charge in [-0.2, -0.15) is 4.31 Å². The van der Waals surface area contributed by atoms with Crippen LogP contribution < -0.4 is 11.1 Å². The zero-order valence-electron chi connectivity index (χ0n) is 10.1. The van der Waals surface area contributed by atoms with Gasteiger partial charge in [0, 0.05) is 11.4 Å². The second-order valence-corrected chi connectivity index (χ2v) is 7.35. The molecule has 1 aromatic rings. The Balaban J connectivity index is 2.38. The van der Waals surface area contributed by atoms with Gasteiger partial charge in [0.05, 0.1) is 6.54 Å². The summed E-state index contributed by atoms with van der Waals surface area (Å²) in [6.07, 6.45) is 0. The number of nitrogens with two attached hydrogens (primary N) is 1. The molecule has 0 saturated carbocycles. The zero-order chi connectivity index (χ0) is 14.2. The minimum atomic E-state index is -3.85. The molecule has 2 amide bonds. The fourth-order valence-electron chi connectivity index (χ4n) is 1.71. The first-order valence-corrected chi connectivity index (χ1v) is 7.76. The minimum absolute atomic E-state index is 0.0855. The summed E-state index contributed by atoms with van der Waals surface area (Å²) in [5, 5.41) is 2.10. The van der Waals surface area contributed by atoms with Gasteiger partial charge in [0.2, 0.25) is 11.8 Å². The summed E-state index contributed by atoms with van der Waals surface area (Å²) in [5.74, 6) is -1.24. The molecule has 7 nitrogen and oxygen atoms in total. The van der Waals surface area contributed by atoms with Crippen LogP contribution in [0.1, 0.15) is 11.8 Å². The van der Waals surface area contributed by atoms with Crippen LogP contribution >= 0.6 is 11.3 Å². The third-order valence-electron chi connectivity index (χ3n) is 2.77. The van der Waals surface area contributed by atoms with Gasteiger partial charge in [-0.25, -0.2) is 8.42 Å². The second kappa shape index (κ2) is 5.00. The Bertz CT molecular complexity index is 622. The highest BCUT2D eigenvalue weighted by molar-refractivity contribution is 7.91. The highest BCUT2D eigenvalue weighted by Crippen LogP contribution is 2.26. The molecule has 1 unspecified atom stereocenters. The molecule has 0 bridgehead atoms. The molecular weight excluding hydrogens is 290 g/mol. The van der Waals surface area contributed by atoms with Crippen molar-refractivity contribution in [1.82, 2.24) is 9.62 Å². The van der Waals surface area contributed by atoms with E-state index in [1.54, 1.807) is 6.07 Å². The van der Waals surface area contributed by atoms with Crippen LogP contribution in [0.4, 0.5) is 0 Å². The monoisotopic (exact) mass is 303 g/mol. The number of imide groups is 1. The maximum Gasteiger partial charge on any atom is 0.253 e. The highest BCUT2D eigenvalue weighted by atomic mass is 32.2. The highest BCUT2D eigenvalue weighted by Gasteiger charge is 2.39. The molecule has 9 heteroatoms. The van der Waals surface area contributed by atoms with Crippen LogP contribution in [0.3, 0.4) is 0 Å². The van der Waals surface area contributed by atoms with Gasteiger partial charge in [0.25, 0.3) is 10.0 Å². The smallest absolute Gasteiger partial charge is 0.253 e. The molecule has 0 aliphatic carbocycles. The Labute approximate surface area is 114 Å². The molecule has 2 rings (SSSR count). The quantitative estimate of drug-likeness (QED) is 0.713. The second-order valence-electron chi connectivity index (χ2n) is 4.06. The SMILES string of the molecule is CC1C(=O)NC(=O)CN1S(=O)(=O)c1ccc(CN)s1. The summed E-state index contributed by atoms with van der Waals surface area (Å²) in [4.78, 5) is 23.5. The fourth-order valence-corrected chi connectivity index (χ4v) is 4.62. The number of sulfonamides is 1. The number of hydrogen-bond donors (Lipinski definition) is 2. The van der Waals surface area contributed by atoms with Crippen molar-refractivity contribution in [1.29, 1.82) is 0 Å². The number of thiophene rings is 1. The van der Waals surface area contributed by atoms with Gasteiger partial charge in [-0.15, -0.1) is 11.3 Å². The van der Waals surface area contributed by atoms with Gasteiger partial charge in [-0.1, -0.05) is 0 Å². The maximum atomic E-state index is 12.4. The summed E-state index contributed by atoms with van der Waals surface area (Å²) in [5.41, 5.74) is 5.44. The van der Waals surface area contributed by atoms with E-state index in [4.69, 9.17) is 5.73 Å². The van der Waals surface area contributed by atoms with Crippen LogP contribution in [0.25, 0.3) is 0 Å². The Hall–Kier alpha value is -1.29. The Morgan fingerprint density at radius 2 is 2.16 bits per heavy atom. The summed E-state index contributed by atoms with van der Waals surface area (Å²) >= 11 is 1.04. The summed E-state index contributed by atoms with van der Waals surface area (Å²) < 4.78 is 25.8. The Kier molecular flexibility index (Phi) is 3.72. The molecule has 0 aromatic carbocycles. The van der Waals surface area contributed by atoms with E-state index in [1.165, 1.54) is 13.0 Å². The first kappa shape index (κ1) is 14.1. The molecule has 1 atom stereocenters. The van der Waals surface area contributed by atoms with Gasteiger partial charge in [-0.3, -0.25) is 14.9 Å². The van der Waals surface area contributed by atoms with Crippen molar-refractivity contribution in [2.45, 2.75) is 23.7 Å². The predicted molar refractivity (Wildman–Crippen MR) is 68.7 cm³/mol. The Morgan fingerprint density at radius 3 is 2.74 bits per heavy atom.